The summed E-state index contributed by atoms with van der Waals surface area (Å²) in [5, 5.41) is 10.0. The normalized spacial score (nSPS) is 11.8. The fraction of sp³-hybridized carbons (Fsp3) is 0.118. The third kappa shape index (κ3) is 2.39. The Labute approximate surface area is 124 Å². The van der Waals surface area contributed by atoms with E-state index < -0.39 is 11.7 Å². The summed E-state index contributed by atoms with van der Waals surface area (Å²) in [5.41, 5.74) is 1.21. The molecule has 0 atom stereocenters. The Morgan fingerprint density at radius 2 is 1.77 bits per heavy atom. The smallest absolute Gasteiger partial charge is 0.418 e. The van der Waals surface area contributed by atoms with Crippen molar-refractivity contribution in [2.75, 3.05) is 0 Å². The molecular weight excluding hydrogens is 291 g/mol. The molecule has 0 aliphatic rings. The van der Waals surface area contributed by atoms with Gasteiger partial charge in [0.1, 0.15) is 5.75 Å². The quantitative estimate of drug-likeness (QED) is 0.691. The lowest BCUT2D eigenvalue weighted by molar-refractivity contribution is -0.136. The molecule has 0 amide bonds. The van der Waals surface area contributed by atoms with Gasteiger partial charge in [-0.2, -0.15) is 13.2 Å². The van der Waals surface area contributed by atoms with Crippen LogP contribution >= 0.6 is 0 Å². The summed E-state index contributed by atoms with van der Waals surface area (Å²) in [7, 11) is 0. The van der Waals surface area contributed by atoms with Gasteiger partial charge >= 0.3 is 6.18 Å². The predicted molar refractivity (Wildman–Crippen MR) is 78.6 cm³/mol. The van der Waals surface area contributed by atoms with E-state index in [1.54, 1.807) is 25.1 Å². The molecule has 22 heavy (non-hydrogen) atoms. The molecule has 0 unspecified atom stereocenters. The number of phenols is 1. The molecule has 3 rings (SSSR count). The fourth-order valence-electron chi connectivity index (χ4n) is 2.60. The highest BCUT2D eigenvalue weighted by Gasteiger charge is 2.33. The van der Waals surface area contributed by atoms with Gasteiger partial charge in [-0.05, 0) is 41.8 Å². The number of aryl methyl sites for hydroxylation is 1. The van der Waals surface area contributed by atoms with Crippen LogP contribution in [0.4, 0.5) is 13.2 Å². The third-order valence-electron chi connectivity index (χ3n) is 3.53. The Morgan fingerprint density at radius 1 is 1.05 bits per heavy atom. The minimum atomic E-state index is -4.46. The monoisotopic (exact) mass is 303 g/mol. The first kappa shape index (κ1) is 14.4. The van der Waals surface area contributed by atoms with E-state index in [1.807, 2.05) is 0 Å². The summed E-state index contributed by atoms with van der Waals surface area (Å²) < 4.78 is 39.4. The van der Waals surface area contributed by atoms with E-state index in [0.29, 0.717) is 16.5 Å². The summed E-state index contributed by atoms with van der Waals surface area (Å²) in [4.78, 5) is 3.97. The number of aromatic nitrogens is 1. The van der Waals surface area contributed by atoms with Gasteiger partial charge in [-0.3, -0.25) is 4.98 Å². The Balaban J connectivity index is 2.38. The zero-order chi connectivity index (χ0) is 15.9. The van der Waals surface area contributed by atoms with E-state index in [1.165, 1.54) is 24.4 Å². The number of aromatic hydroxyl groups is 1. The van der Waals surface area contributed by atoms with E-state index >= 15 is 0 Å². The number of rotatable bonds is 1. The lowest BCUT2D eigenvalue weighted by atomic mass is 9.95. The summed E-state index contributed by atoms with van der Waals surface area (Å²) in [6.07, 6.45) is -3.03. The topological polar surface area (TPSA) is 33.1 Å². The van der Waals surface area contributed by atoms with Crippen molar-refractivity contribution in [1.29, 1.82) is 0 Å². The van der Waals surface area contributed by atoms with Gasteiger partial charge in [0.25, 0.3) is 0 Å². The highest BCUT2D eigenvalue weighted by Crippen LogP contribution is 2.38. The summed E-state index contributed by atoms with van der Waals surface area (Å²) in [6.45, 7) is 1.78. The van der Waals surface area contributed by atoms with Crippen molar-refractivity contribution in [2.45, 2.75) is 13.1 Å². The molecule has 0 fully saturated rings. The Bertz CT molecular complexity index is 856. The number of hydrogen-bond acceptors (Lipinski definition) is 2. The number of hydrogen-bond donors (Lipinski definition) is 1. The second-order valence-electron chi connectivity index (χ2n) is 5.07. The number of para-hydroxylation sites is 1. The lowest BCUT2D eigenvalue weighted by Crippen LogP contribution is -2.07. The lowest BCUT2D eigenvalue weighted by Gasteiger charge is -2.14. The van der Waals surface area contributed by atoms with Gasteiger partial charge in [0.05, 0.1) is 11.1 Å². The average Bonchev–Trinajstić information content (AvgIpc) is 2.45. The number of alkyl halides is 3. The van der Waals surface area contributed by atoms with Crippen molar-refractivity contribution in [2.24, 2.45) is 0 Å². The van der Waals surface area contributed by atoms with Gasteiger partial charge in [-0.25, -0.2) is 0 Å². The molecule has 1 aromatic heterocycles. The summed E-state index contributed by atoms with van der Waals surface area (Å²) in [5.74, 6) is 0.0637. The molecule has 0 radical (unpaired) electrons. The van der Waals surface area contributed by atoms with Crippen LogP contribution in [0, 0.1) is 6.92 Å². The van der Waals surface area contributed by atoms with E-state index in [9.17, 15) is 18.3 Å². The van der Waals surface area contributed by atoms with Crippen molar-refractivity contribution in [3.63, 3.8) is 0 Å². The van der Waals surface area contributed by atoms with Crippen LogP contribution in [0.15, 0.2) is 48.7 Å². The molecule has 0 saturated carbocycles. The molecule has 1 N–H and O–H groups in total. The maximum absolute atomic E-state index is 13.1. The highest BCUT2D eigenvalue weighted by atomic mass is 19.4. The van der Waals surface area contributed by atoms with Crippen LogP contribution in [0.2, 0.25) is 0 Å². The minimum absolute atomic E-state index is 0.0637. The Morgan fingerprint density at radius 3 is 2.45 bits per heavy atom. The van der Waals surface area contributed by atoms with Crippen LogP contribution in [0.3, 0.4) is 0 Å². The molecule has 0 bridgehead atoms. The van der Waals surface area contributed by atoms with Crippen LogP contribution in [0.1, 0.15) is 11.1 Å². The number of benzene rings is 2. The maximum atomic E-state index is 13.1. The second-order valence-corrected chi connectivity index (χ2v) is 5.07. The minimum Gasteiger partial charge on any atom is -0.508 e. The van der Waals surface area contributed by atoms with Crippen LogP contribution in [-0.2, 0) is 6.18 Å². The number of nitrogens with zero attached hydrogens (tertiary/aromatic N) is 1. The highest BCUT2D eigenvalue weighted by molar-refractivity contribution is 5.97. The number of halogens is 3. The molecule has 0 aliphatic heterocycles. The molecule has 112 valence electrons. The second kappa shape index (κ2) is 5.02. The molecule has 2 aromatic carbocycles. The molecule has 5 heteroatoms. The fourth-order valence-corrected chi connectivity index (χ4v) is 2.60. The molecule has 1 heterocycles. The first-order valence-electron chi connectivity index (χ1n) is 6.63. The van der Waals surface area contributed by atoms with Crippen LogP contribution in [0.5, 0.6) is 5.75 Å². The standard InChI is InChI=1S/C17H12F3NO/c1-10-9-21-16-13(6-3-7-14(16)17(18,19)20)15(10)11-4-2-5-12(22)8-11/h2-9,22H,1H3. The zero-order valence-corrected chi connectivity index (χ0v) is 11.6. The molecule has 0 spiro atoms. The van der Waals surface area contributed by atoms with Crippen molar-refractivity contribution in [3.05, 3.63) is 59.8 Å². The van der Waals surface area contributed by atoms with Crippen LogP contribution in [0.25, 0.3) is 22.0 Å². The maximum Gasteiger partial charge on any atom is 0.418 e. The summed E-state index contributed by atoms with van der Waals surface area (Å²) in [6, 6.07) is 10.5. The largest absolute Gasteiger partial charge is 0.508 e. The van der Waals surface area contributed by atoms with E-state index in [-0.39, 0.29) is 11.3 Å². The van der Waals surface area contributed by atoms with Crippen LogP contribution in [-0.4, -0.2) is 10.1 Å². The van der Waals surface area contributed by atoms with E-state index in [2.05, 4.69) is 4.98 Å². The van der Waals surface area contributed by atoms with Crippen LogP contribution < -0.4 is 0 Å². The molecule has 2 nitrogen and oxygen atoms in total. The number of pyridine rings is 1. The molecule has 0 saturated heterocycles. The first-order valence-corrected chi connectivity index (χ1v) is 6.63. The van der Waals surface area contributed by atoms with Gasteiger partial charge in [0.15, 0.2) is 0 Å². The Hall–Kier alpha value is -2.56. The van der Waals surface area contributed by atoms with E-state index in [0.717, 1.165) is 11.6 Å². The number of phenolic OH excluding ortho intramolecular Hbond substituents is 1. The third-order valence-corrected chi connectivity index (χ3v) is 3.53. The van der Waals surface area contributed by atoms with Gasteiger partial charge in [-0.15, -0.1) is 0 Å². The zero-order valence-electron chi connectivity index (χ0n) is 11.6. The molecular formula is C17H12F3NO. The Kier molecular flexibility index (Phi) is 3.28. The summed E-state index contributed by atoms with van der Waals surface area (Å²) >= 11 is 0. The first-order chi connectivity index (χ1) is 10.4. The average molecular weight is 303 g/mol. The van der Waals surface area contributed by atoms with Gasteiger partial charge < -0.3 is 5.11 Å². The van der Waals surface area contributed by atoms with Crippen molar-refractivity contribution in [3.8, 4) is 16.9 Å². The predicted octanol–water partition coefficient (Wildman–Crippen LogP) is 4.93. The van der Waals surface area contributed by atoms with Gasteiger partial charge in [-0.1, -0.05) is 24.3 Å². The molecule has 3 aromatic rings. The van der Waals surface area contributed by atoms with Gasteiger partial charge in [0.2, 0.25) is 0 Å². The van der Waals surface area contributed by atoms with Gasteiger partial charge in [0, 0.05) is 11.6 Å². The van der Waals surface area contributed by atoms with Crippen molar-refractivity contribution in [1.82, 2.24) is 4.98 Å². The SMILES string of the molecule is Cc1cnc2c(C(F)(F)F)cccc2c1-c1cccc(O)c1. The van der Waals surface area contributed by atoms with Crippen molar-refractivity contribution >= 4 is 10.9 Å². The van der Waals surface area contributed by atoms with E-state index in [4.69, 9.17) is 0 Å². The molecule has 0 aliphatic carbocycles. The van der Waals surface area contributed by atoms with Crippen molar-refractivity contribution < 1.29 is 18.3 Å². The number of fused-ring (bicyclic) bond motifs is 1.